The lowest BCUT2D eigenvalue weighted by molar-refractivity contribution is -0.199. The van der Waals surface area contributed by atoms with Gasteiger partial charge >= 0.3 is 26.0 Å². The lowest BCUT2D eigenvalue weighted by atomic mass is 10.5. The zero-order chi connectivity index (χ0) is 12.2. The molecule has 0 saturated heterocycles. The third-order valence-corrected chi connectivity index (χ3v) is 2.47. The molecule has 0 saturated carbocycles. The van der Waals surface area contributed by atoms with Crippen molar-refractivity contribution in [2.45, 2.75) is 38.9 Å². The van der Waals surface area contributed by atoms with Gasteiger partial charge in [-0.15, -0.1) is 4.52 Å². The number of alkyl halides is 3. The minimum atomic E-state index is -4.89. The summed E-state index contributed by atoms with van der Waals surface area (Å²) < 4.78 is 56.1. The highest BCUT2D eigenvalue weighted by atomic mass is 31.1. The molecule has 15 heavy (non-hydrogen) atoms. The number of esters is 1. The number of ether oxygens (including phenoxy) is 1. The Morgan fingerprint density at radius 1 is 1.33 bits per heavy atom. The van der Waals surface area contributed by atoms with Crippen LogP contribution in [0.4, 0.5) is 13.2 Å². The topological polar surface area (TPSA) is 52.6 Å². The Labute approximate surface area is 85.6 Å². The molecule has 8 heteroatoms. The molecule has 2 atom stereocenters. The molecule has 88 valence electrons. The van der Waals surface area contributed by atoms with Gasteiger partial charge in [0.05, 0.1) is 0 Å². The highest BCUT2D eigenvalue weighted by Crippen LogP contribution is 2.42. The minimum Gasteiger partial charge on any atom is -0.407 e. The lowest BCUT2D eigenvalue weighted by Crippen LogP contribution is -2.31. The third-order valence-electron chi connectivity index (χ3n) is 1.06. The van der Waals surface area contributed by atoms with Gasteiger partial charge in [0.25, 0.3) is 0 Å². The number of hydrogen-bond donors (Lipinski definition) is 0. The average Bonchev–Trinajstić information content (AvgIpc) is 1.95. The molecule has 2 unspecified atom stereocenters. The first-order valence-corrected chi connectivity index (χ1v) is 5.26. The first-order valence-electron chi connectivity index (χ1n) is 4.01. The predicted octanol–water partition coefficient (Wildman–Crippen LogP) is 2.61. The van der Waals surface area contributed by atoms with Gasteiger partial charge in [0, 0.05) is 6.92 Å². The summed E-state index contributed by atoms with van der Waals surface area (Å²) >= 11 is 0. The van der Waals surface area contributed by atoms with E-state index in [1.165, 1.54) is 13.8 Å². The molecule has 0 amide bonds. The van der Waals surface area contributed by atoms with E-state index in [1.807, 2.05) is 0 Å². The van der Waals surface area contributed by atoms with Crippen molar-refractivity contribution in [3.63, 3.8) is 0 Å². The van der Waals surface area contributed by atoms with Crippen LogP contribution >= 0.6 is 8.03 Å². The van der Waals surface area contributed by atoms with E-state index in [4.69, 9.17) is 0 Å². The van der Waals surface area contributed by atoms with E-state index in [9.17, 15) is 22.5 Å². The first kappa shape index (κ1) is 14.3. The first-order chi connectivity index (χ1) is 6.64. The van der Waals surface area contributed by atoms with Gasteiger partial charge in [-0.3, -0.25) is 4.79 Å². The summed E-state index contributed by atoms with van der Waals surface area (Å²) in [5, 5.41) is 0. The normalized spacial score (nSPS) is 15.0. The zero-order valence-electron chi connectivity index (χ0n) is 8.37. The van der Waals surface area contributed by atoms with Crippen LogP contribution in [-0.2, 0) is 18.6 Å². The summed E-state index contributed by atoms with van der Waals surface area (Å²) in [6.07, 6.45) is -5.54. The van der Waals surface area contributed by atoms with Crippen LogP contribution in [-0.4, -0.2) is 24.1 Å². The fourth-order valence-corrected chi connectivity index (χ4v) is 1.65. The second kappa shape index (κ2) is 5.42. The standard InChI is InChI=1S/C7H11F3O4P/c1-4(2)14-15(12)6(7(8,9)10)13-5(3)11/h4,6H,1-3H3/q+1. The molecule has 0 radical (unpaired) electrons. The molecule has 0 aromatic rings. The van der Waals surface area contributed by atoms with Gasteiger partial charge in [-0.2, -0.15) is 13.2 Å². The van der Waals surface area contributed by atoms with Crippen molar-refractivity contribution in [3.05, 3.63) is 0 Å². The smallest absolute Gasteiger partial charge is 0.407 e. The van der Waals surface area contributed by atoms with Gasteiger partial charge in [-0.1, -0.05) is 0 Å². The van der Waals surface area contributed by atoms with Gasteiger partial charge in [-0.25, -0.2) is 0 Å². The van der Waals surface area contributed by atoms with Crippen LogP contribution in [0, 0.1) is 0 Å². The third kappa shape index (κ3) is 5.69. The van der Waals surface area contributed by atoms with E-state index in [2.05, 4.69) is 9.26 Å². The van der Waals surface area contributed by atoms with Crippen molar-refractivity contribution in [1.29, 1.82) is 0 Å². The van der Waals surface area contributed by atoms with Gasteiger partial charge in [0.2, 0.25) is 0 Å². The van der Waals surface area contributed by atoms with Gasteiger partial charge < -0.3 is 4.74 Å². The molecule has 0 N–H and O–H groups in total. The highest BCUT2D eigenvalue weighted by molar-refractivity contribution is 7.39. The maximum Gasteiger partial charge on any atom is 0.564 e. The number of carbonyl (C=O) groups excluding carboxylic acids is 1. The summed E-state index contributed by atoms with van der Waals surface area (Å²) in [5.41, 5.74) is 0. The maximum absolute atomic E-state index is 12.2. The molecule has 0 aliphatic carbocycles. The molecule has 0 bridgehead atoms. The minimum absolute atomic E-state index is 0.644. The van der Waals surface area contributed by atoms with Crippen LogP contribution in [0.15, 0.2) is 0 Å². The van der Waals surface area contributed by atoms with Crippen molar-refractivity contribution in [1.82, 2.24) is 0 Å². The van der Waals surface area contributed by atoms with Crippen LogP contribution in [0.25, 0.3) is 0 Å². The molecule has 0 spiro atoms. The molecule has 0 aromatic carbocycles. The lowest BCUT2D eigenvalue weighted by Gasteiger charge is -2.10. The second-order valence-electron chi connectivity index (χ2n) is 2.94. The Morgan fingerprint density at radius 2 is 1.80 bits per heavy atom. The van der Waals surface area contributed by atoms with Crippen LogP contribution < -0.4 is 0 Å². The van der Waals surface area contributed by atoms with Crippen LogP contribution in [0.2, 0.25) is 0 Å². The highest BCUT2D eigenvalue weighted by Gasteiger charge is 2.58. The van der Waals surface area contributed by atoms with E-state index >= 15 is 0 Å². The average molecular weight is 247 g/mol. The van der Waals surface area contributed by atoms with Gasteiger partial charge in [-0.05, 0) is 18.4 Å². The summed E-state index contributed by atoms with van der Waals surface area (Å²) in [4.78, 5) is 10.4. The van der Waals surface area contributed by atoms with Crippen molar-refractivity contribution >= 4 is 14.0 Å². The Kier molecular flexibility index (Phi) is 5.17. The fourth-order valence-electron chi connectivity index (χ4n) is 0.650. The van der Waals surface area contributed by atoms with Crippen LogP contribution in [0.1, 0.15) is 20.8 Å². The van der Waals surface area contributed by atoms with Crippen molar-refractivity contribution in [2.24, 2.45) is 0 Å². The summed E-state index contributed by atoms with van der Waals surface area (Å²) in [6.45, 7) is 3.65. The maximum atomic E-state index is 12.2. The summed E-state index contributed by atoms with van der Waals surface area (Å²) in [7, 11) is -3.12. The number of hydrogen-bond acceptors (Lipinski definition) is 4. The molecular weight excluding hydrogens is 236 g/mol. The molecule has 0 heterocycles. The second-order valence-corrected chi connectivity index (χ2v) is 4.19. The van der Waals surface area contributed by atoms with E-state index in [-0.39, 0.29) is 0 Å². The van der Waals surface area contributed by atoms with Crippen LogP contribution in [0.3, 0.4) is 0 Å². The Bertz CT molecular complexity index is 251. The van der Waals surface area contributed by atoms with Crippen LogP contribution in [0.5, 0.6) is 0 Å². The Morgan fingerprint density at radius 3 is 2.07 bits per heavy atom. The molecular formula is C7H11F3O4P+. The summed E-state index contributed by atoms with van der Waals surface area (Å²) in [6, 6.07) is 0. The number of halogens is 3. The van der Waals surface area contributed by atoms with Crippen molar-refractivity contribution < 1.29 is 31.8 Å². The molecule has 4 nitrogen and oxygen atoms in total. The molecule has 0 fully saturated rings. The van der Waals surface area contributed by atoms with E-state index in [0.717, 1.165) is 6.92 Å². The van der Waals surface area contributed by atoms with Gasteiger partial charge in [0.15, 0.2) is 0 Å². The number of rotatable bonds is 4. The van der Waals surface area contributed by atoms with E-state index < -0.39 is 32.1 Å². The molecule has 0 aliphatic rings. The monoisotopic (exact) mass is 247 g/mol. The fraction of sp³-hybridized carbons (Fsp3) is 0.857. The van der Waals surface area contributed by atoms with Crippen molar-refractivity contribution in [3.8, 4) is 0 Å². The molecule has 0 rings (SSSR count). The van der Waals surface area contributed by atoms with E-state index in [0.29, 0.717) is 0 Å². The summed E-state index contributed by atoms with van der Waals surface area (Å²) in [5.74, 6) is -3.86. The quantitative estimate of drug-likeness (QED) is 0.566. The predicted molar refractivity (Wildman–Crippen MR) is 45.4 cm³/mol. The SMILES string of the molecule is CC(=O)OC([P+](=O)OC(C)C)C(F)(F)F. The number of carbonyl (C=O) groups is 1. The van der Waals surface area contributed by atoms with E-state index in [1.54, 1.807) is 0 Å². The Balaban J connectivity index is 4.64. The van der Waals surface area contributed by atoms with Crippen molar-refractivity contribution in [2.75, 3.05) is 0 Å². The molecule has 0 aliphatic heterocycles. The largest absolute Gasteiger partial charge is 0.564 e. The Hall–Kier alpha value is -0.680. The molecule has 0 aromatic heterocycles. The van der Waals surface area contributed by atoms with Gasteiger partial charge in [0.1, 0.15) is 6.10 Å². The zero-order valence-corrected chi connectivity index (χ0v) is 9.26.